The van der Waals surface area contributed by atoms with Gasteiger partial charge in [0.15, 0.2) is 11.5 Å². The Kier molecular flexibility index (Phi) is 7.06. The summed E-state index contributed by atoms with van der Waals surface area (Å²) >= 11 is 0. The summed E-state index contributed by atoms with van der Waals surface area (Å²) in [6, 6.07) is 18.6. The van der Waals surface area contributed by atoms with E-state index in [4.69, 9.17) is 14.2 Å². The maximum atomic E-state index is 13.5. The molecule has 0 bridgehead atoms. The van der Waals surface area contributed by atoms with Crippen LogP contribution < -0.4 is 19.6 Å². The van der Waals surface area contributed by atoms with Gasteiger partial charge in [0.25, 0.3) is 5.91 Å². The summed E-state index contributed by atoms with van der Waals surface area (Å²) in [6.45, 7) is 0. The highest BCUT2D eigenvalue weighted by Gasteiger charge is 2.17. The van der Waals surface area contributed by atoms with Gasteiger partial charge in [-0.15, -0.1) is 0 Å². The number of carbonyl (C=O) groups excluding carboxylic acids is 1. The molecule has 4 rings (SSSR count). The molecule has 0 unspecified atom stereocenters. The molecule has 3 aromatic carbocycles. The number of nitrogens with zero attached hydrogens (tertiary/aromatic N) is 3. The van der Waals surface area contributed by atoms with E-state index in [0.29, 0.717) is 34.1 Å². The summed E-state index contributed by atoms with van der Waals surface area (Å²) < 4.78 is 31.0. The summed E-state index contributed by atoms with van der Waals surface area (Å²) in [5, 5.41) is 8.76. The molecule has 4 aromatic rings. The average molecular weight is 474 g/mol. The highest BCUT2D eigenvalue weighted by Crippen LogP contribution is 2.38. The molecule has 0 fully saturated rings. The first-order valence-corrected chi connectivity index (χ1v) is 10.6. The van der Waals surface area contributed by atoms with Crippen molar-refractivity contribution in [2.24, 2.45) is 5.10 Å². The van der Waals surface area contributed by atoms with Crippen molar-refractivity contribution in [3.05, 3.63) is 89.9 Å². The first kappa shape index (κ1) is 23.5. The monoisotopic (exact) mass is 474 g/mol. The molecule has 9 heteroatoms. The van der Waals surface area contributed by atoms with Crippen LogP contribution >= 0.6 is 0 Å². The van der Waals surface area contributed by atoms with Crippen molar-refractivity contribution < 1.29 is 23.4 Å². The van der Waals surface area contributed by atoms with Crippen LogP contribution in [0.15, 0.2) is 78.0 Å². The summed E-state index contributed by atoms with van der Waals surface area (Å²) in [5.74, 6) is 0.267. The van der Waals surface area contributed by atoms with Crippen molar-refractivity contribution in [1.82, 2.24) is 15.2 Å². The van der Waals surface area contributed by atoms with Crippen LogP contribution in [0.3, 0.4) is 0 Å². The van der Waals surface area contributed by atoms with E-state index >= 15 is 0 Å². The van der Waals surface area contributed by atoms with Crippen LogP contribution in [0.1, 0.15) is 15.9 Å². The standard InChI is InChI=1S/C26H23FN4O4/c1-33-22-13-18(14-23(34-2)25(22)35-3)26(32)29-28-15-19-16-31(21-7-5-4-6-8-21)30-24(19)17-9-11-20(27)12-10-17/h4-16H,1-3H3,(H,29,32). The van der Waals surface area contributed by atoms with Crippen LogP contribution in [0.2, 0.25) is 0 Å². The number of amides is 1. The fourth-order valence-electron chi connectivity index (χ4n) is 3.46. The number of carbonyl (C=O) groups is 1. The van der Waals surface area contributed by atoms with Crippen molar-refractivity contribution in [3.63, 3.8) is 0 Å². The molecule has 1 amide bonds. The van der Waals surface area contributed by atoms with E-state index in [-0.39, 0.29) is 11.4 Å². The highest BCUT2D eigenvalue weighted by atomic mass is 19.1. The van der Waals surface area contributed by atoms with Crippen molar-refractivity contribution in [2.75, 3.05) is 21.3 Å². The molecule has 1 N–H and O–H groups in total. The zero-order chi connectivity index (χ0) is 24.8. The van der Waals surface area contributed by atoms with E-state index in [2.05, 4.69) is 15.6 Å². The van der Waals surface area contributed by atoms with E-state index < -0.39 is 5.91 Å². The molecule has 1 aromatic heterocycles. The second-order valence-corrected chi connectivity index (χ2v) is 7.33. The second-order valence-electron chi connectivity index (χ2n) is 7.33. The zero-order valence-electron chi connectivity index (χ0n) is 19.4. The average Bonchev–Trinajstić information content (AvgIpc) is 3.32. The van der Waals surface area contributed by atoms with Crippen LogP contribution in [-0.4, -0.2) is 43.2 Å². The van der Waals surface area contributed by atoms with Gasteiger partial charge in [-0.25, -0.2) is 14.5 Å². The Morgan fingerprint density at radius 1 is 0.971 bits per heavy atom. The lowest BCUT2D eigenvalue weighted by Gasteiger charge is -2.13. The minimum absolute atomic E-state index is 0.274. The minimum atomic E-state index is -0.473. The molecule has 0 aliphatic carbocycles. The third-order valence-corrected chi connectivity index (χ3v) is 5.18. The molecular formula is C26H23FN4O4. The predicted octanol–water partition coefficient (Wildman–Crippen LogP) is 4.47. The molecule has 8 nitrogen and oxygen atoms in total. The number of hydrogen-bond acceptors (Lipinski definition) is 6. The molecule has 35 heavy (non-hydrogen) atoms. The number of para-hydroxylation sites is 1. The maximum absolute atomic E-state index is 13.5. The summed E-state index contributed by atoms with van der Waals surface area (Å²) in [7, 11) is 4.43. The Balaban J connectivity index is 1.63. The first-order valence-electron chi connectivity index (χ1n) is 10.6. The van der Waals surface area contributed by atoms with E-state index in [1.54, 1.807) is 23.0 Å². The number of halogens is 1. The lowest BCUT2D eigenvalue weighted by atomic mass is 10.1. The molecule has 0 radical (unpaired) electrons. The topological polar surface area (TPSA) is 87.0 Å². The minimum Gasteiger partial charge on any atom is -0.493 e. The van der Waals surface area contributed by atoms with Gasteiger partial charge in [0.1, 0.15) is 11.5 Å². The summed E-state index contributed by atoms with van der Waals surface area (Å²) in [4.78, 5) is 12.8. The molecule has 0 aliphatic rings. The number of hydrogen-bond donors (Lipinski definition) is 1. The van der Waals surface area contributed by atoms with Crippen LogP contribution in [0.25, 0.3) is 16.9 Å². The van der Waals surface area contributed by atoms with E-state index in [1.165, 1.54) is 51.8 Å². The van der Waals surface area contributed by atoms with Crippen LogP contribution in [0, 0.1) is 5.82 Å². The number of methoxy groups -OCH3 is 3. The van der Waals surface area contributed by atoms with Gasteiger partial charge in [0, 0.05) is 22.9 Å². The van der Waals surface area contributed by atoms with Crippen molar-refractivity contribution in [3.8, 4) is 34.2 Å². The fraction of sp³-hybridized carbons (Fsp3) is 0.115. The highest BCUT2D eigenvalue weighted by molar-refractivity contribution is 5.97. The van der Waals surface area contributed by atoms with Gasteiger partial charge in [0.2, 0.25) is 5.75 Å². The van der Waals surface area contributed by atoms with Gasteiger partial charge in [-0.1, -0.05) is 18.2 Å². The van der Waals surface area contributed by atoms with Crippen molar-refractivity contribution in [1.29, 1.82) is 0 Å². The molecule has 1 heterocycles. The number of aromatic nitrogens is 2. The number of rotatable bonds is 8. The Hall–Kier alpha value is -4.66. The Bertz CT molecular complexity index is 1330. The van der Waals surface area contributed by atoms with Gasteiger partial charge < -0.3 is 14.2 Å². The summed E-state index contributed by atoms with van der Waals surface area (Å²) in [5.41, 5.74) is 5.54. The molecule has 0 aliphatic heterocycles. The smallest absolute Gasteiger partial charge is 0.271 e. The van der Waals surface area contributed by atoms with Gasteiger partial charge in [-0.2, -0.15) is 10.2 Å². The molecule has 0 saturated carbocycles. The quantitative estimate of drug-likeness (QED) is 0.301. The Labute approximate surface area is 201 Å². The van der Waals surface area contributed by atoms with Crippen molar-refractivity contribution >= 4 is 12.1 Å². The number of nitrogens with one attached hydrogen (secondary N) is 1. The van der Waals surface area contributed by atoms with Crippen molar-refractivity contribution in [2.45, 2.75) is 0 Å². The van der Waals surface area contributed by atoms with Gasteiger partial charge in [-0.05, 0) is 48.5 Å². The van der Waals surface area contributed by atoms with Crippen LogP contribution in [0.4, 0.5) is 4.39 Å². The molecule has 178 valence electrons. The van der Waals surface area contributed by atoms with Gasteiger partial charge >= 0.3 is 0 Å². The lowest BCUT2D eigenvalue weighted by Crippen LogP contribution is -2.18. The third-order valence-electron chi connectivity index (χ3n) is 5.18. The SMILES string of the molecule is COc1cc(C(=O)NN=Cc2cn(-c3ccccc3)nc2-c2ccc(F)cc2)cc(OC)c1OC. The largest absolute Gasteiger partial charge is 0.493 e. The second kappa shape index (κ2) is 10.5. The van der Waals surface area contributed by atoms with E-state index in [9.17, 15) is 9.18 Å². The fourth-order valence-corrected chi connectivity index (χ4v) is 3.46. The first-order chi connectivity index (χ1) is 17.0. The molecule has 0 atom stereocenters. The van der Waals surface area contributed by atoms with Gasteiger partial charge in [-0.3, -0.25) is 4.79 Å². The number of ether oxygens (including phenoxy) is 3. The molecule has 0 spiro atoms. The zero-order valence-corrected chi connectivity index (χ0v) is 19.4. The maximum Gasteiger partial charge on any atom is 0.271 e. The number of hydrazone groups is 1. The van der Waals surface area contributed by atoms with E-state index in [0.717, 1.165) is 5.69 Å². The van der Waals surface area contributed by atoms with Crippen LogP contribution in [0.5, 0.6) is 17.2 Å². The Morgan fingerprint density at radius 3 is 2.23 bits per heavy atom. The summed E-state index contributed by atoms with van der Waals surface area (Å²) in [6.07, 6.45) is 3.27. The van der Waals surface area contributed by atoms with Gasteiger partial charge in [0.05, 0.1) is 33.2 Å². The van der Waals surface area contributed by atoms with E-state index in [1.807, 2.05) is 30.3 Å². The van der Waals surface area contributed by atoms with Crippen LogP contribution in [-0.2, 0) is 0 Å². The third kappa shape index (κ3) is 5.14. The molecule has 0 saturated heterocycles. The Morgan fingerprint density at radius 2 is 1.63 bits per heavy atom. The molecular weight excluding hydrogens is 451 g/mol. The number of benzene rings is 3. The lowest BCUT2D eigenvalue weighted by molar-refractivity contribution is 0.0954. The predicted molar refractivity (Wildman–Crippen MR) is 130 cm³/mol. The normalized spacial score (nSPS) is 10.9.